The molecule has 0 saturated carbocycles. The summed E-state index contributed by atoms with van der Waals surface area (Å²) in [4.78, 5) is 38.1. The second-order valence-electron chi connectivity index (χ2n) is 9.31. The van der Waals surface area contributed by atoms with E-state index in [1.807, 2.05) is 0 Å². The summed E-state index contributed by atoms with van der Waals surface area (Å²) < 4.78 is 22.1. The quantitative estimate of drug-likeness (QED) is 0.112. The highest BCUT2D eigenvalue weighted by Crippen LogP contribution is 2.54. The molecular formula is C21H37N3O8SSi. The normalized spacial score (nSPS) is 27.3. The number of hydrogen-bond acceptors (Lipinski definition) is 10. The van der Waals surface area contributed by atoms with Crippen LogP contribution in [0.5, 0.6) is 0 Å². The van der Waals surface area contributed by atoms with Crippen LogP contribution in [0.15, 0.2) is 5.11 Å². The van der Waals surface area contributed by atoms with Gasteiger partial charge in [0, 0.05) is 25.7 Å². The highest BCUT2D eigenvalue weighted by Gasteiger charge is 2.62. The van der Waals surface area contributed by atoms with Crippen LogP contribution in [0.4, 0.5) is 0 Å². The van der Waals surface area contributed by atoms with E-state index in [4.69, 9.17) is 18.9 Å². The molecule has 0 bridgehead atoms. The van der Waals surface area contributed by atoms with Gasteiger partial charge in [-0.1, -0.05) is 46.7 Å². The van der Waals surface area contributed by atoms with Crippen LogP contribution in [0.25, 0.3) is 10.4 Å². The molecule has 0 aliphatic carbocycles. The van der Waals surface area contributed by atoms with Crippen molar-refractivity contribution in [1.82, 2.24) is 0 Å². The number of ether oxygens (including phenoxy) is 4. The van der Waals surface area contributed by atoms with Crippen molar-refractivity contribution in [1.29, 1.82) is 0 Å². The van der Waals surface area contributed by atoms with Crippen LogP contribution in [0.1, 0.15) is 62.3 Å². The molecule has 0 unspecified atom stereocenters. The number of azide groups is 1. The van der Waals surface area contributed by atoms with Gasteiger partial charge < -0.3 is 24.1 Å². The van der Waals surface area contributed by atoms with E-state index in [0.29, 0.717) is 0 Å². The first-order valence-corrected chi connectivity index (χ1v) is 15.1. The van der Waals surface area contributed by atoms with Crippen LogP contribution in [-0.4, -0.2) is 66.3 Å². The molecule has 34 heavy (non-hydrogen) atoms. The highest BCUT2D eigenvalue weighted by molar-refractivity contribution is 8.29. The van der Waals surface area contributed by atoms with Gasteiger partial charge in [-0.3, -0.25) is 14.4 Å². The first-order valence-electron chi connectivity index (χ1n) is 11.2. The molecule has 0 aromatic heterocycles. The Morgan fingerprint density at radius 2 is 1.47 bits per heavy atom. The molecular weight excluding hydrogens is 482 g/mol. The van der Waals surface area contributed by atoms with Gasteiger partial charge in [-0.2, -0.15) is 11.2 Å². The molecule has 1 aliphatic rings. The van der Waals surface area contributed by atoms with Crippen LogP contribution in [0.2, 0.25) is 16.6 Å². The average Bonchev–Trinajstić information content (AvgIpc) is 2.68. The van der Waals surface area contributed by atoms with Crippen molar-refractivity contribution in [3.63, 3.8) is 0 Å². The van der Waals surface area contributed by atoms with E-state index >= 15 is 0 Å². The van der Waals surface area contributed by atoms with Crippen molar-refractivity contribution in [2.45, 2.75) is 108 Å². The maximum atomic E-state index is 12.0. The van der Waals surface area contributed by atoms with Crippen LogP contribution in [0, 0.1) is 0 Å². The number of carbonyl (C=O) groups is 3. The summed E-state index contributed by atoms with van der Waals surface area (Å²) in [7, 11) is -2.28. The number of rotatable bonds is 10. The SMILES string of the molecule is CC(=O)OC[C@H]1O[C@@H](S[Si](C(C)C)(C(C)C)C(C)C)[C@H](OC(C)=O)[C@](O)(N=[N+]=[N-])[C@H]1OC(C)=O. The maximum absolute atomic E-state index is 12.0. The third kappa shape index (κ3) is 6.66. The van der Waals surface area contributed by atoms with Crippen molar-refractivity contribution in [3.05, 3.63) is 10.4 Å². The summed E-state index contributed by atoms with van der Waals surface area (Å²) in [5.41, 5.74) is 6.59. The Labute approximate surface area is 205 Å². The maximum Gasteiger partial charge on any atom is 0.303 e. The van der Waals surface area contributed by atoms with Gasteiger partial charge >= 0.3 is 17.9 Å². The molecule has 0 aromatic rings. The molecule has 0 spiro atoms. The molecule has 1 heterocycles. The van der Waals surface area contributed by atoms with E-state index in [-0.39, 0.29) is 23.2 Å². The van der Waals surface area contributed by atoms with Crippen molar-refractivity contribution < 1.29 is 38.4 Å². The van der Waals surface area contributed by atoms with Crippen molar-refractivity contribution in [2.24, 2.45) is 5.11 Å². The summed E-state index contributed by atoms with van der Waals surface area (Å²) in [6.07, 6.45) is -4.24. The number of nitrogens with zero attached hydrogens (tertiary/aromatic N) is 3. The minimum absolute atomic E-state index is 0.268. The first kappa shape index (κ1) is 30.2. The zero-order valence-electron chi connectivity index (χ0n) is 21.3. The van der Waals surface area contributed by atoms with Gasteiger partial charge in [0.25, 0.3) is 0 Å². The van der Waals surface area contributed by atoms with Gasteiger partial charge in [0.2, 0.25) is 5.72 Å². The summed E-state index contributed by atoms with van der Waals surface area (Å²) in [6.45, 7) is 15.8. The van der Waals surface area contributed by atoms with Gasteiger partial charge in [0.15, 0.2) is 12.2 Å². The van der Waals surface area contributed by atoms with Gasteiger partial charge in [0.1, 0.15) is 25.4 Å². The Balaban J connectivity index is 3.73. The van der Waals surface area contributed by atoms with E-state index < -0.39 is 54.6 Å². The Morgan fingerprint density at radius 3 is 1.85 bits per heavy atom. The molecule has 1 saturated heterocycles. The molecule has 11 nitrogen and oxygen atoms in total. The van der Waals surface area contributed by atoms with Crippen LogP contribution in [0.3, 0.4) is 0 Å². The van der Waals surface area contributed by atoms with Crippen LogP contribution in [-0.2, 0) is 33.3 Å². The van der Waals surface area contributed by atoms with Crippen molar-refractivity contribution in [3.8, 4) is 0 Å². The highest BCUT2D eigenvalue weighted by atomic mass is 32.4. The van der Waals surface area contributed by atoms with E-state index in [1.165, 1.54) is 18.1 Å². The van der Waals surface area contributed by atoms with E-state index in [1.54, 1.807) is 0 Å². The lowest BCUT2D eigenvalue weighted by Gasteiger charge is -2.51. The second-order valence-corrected chi connectivity index (χ2v) is 18.0. The minimum atomic E-state index is -2.50. The summed E-state index contributed by atoms with van der Waals surface area (Å²) >= 11 is 1.49. The molecule has 0 amide bonds. The van der Waals surface area contributed by atoms with Crippen molar-refractivity contribution in [2.75, 3.05) is 6.61 Å². The molecule has 5 atom stereocenters. The fourth-order valence-corrected chi connectivity index (χ4v) is 14.8. The third-order valence-electron chi connectivity index (χ3n) is 6.00. The molecule has 13 heteroatoms. The topological polar surface area (TPSA) is 157 Å². The molecule has 1 rings (SSSR count). The number of esters is 3. The first-order chi connectivity index (χ1) is 15.6. The molecule has 1 fully saturated rings. The van der Waals surface area contributed by atoms with Gasteiger partial charge in [-0.15, -0.1) is 0 Å². The fourth-order valence-electron chi connectivity index (χ4n) is 4.82. The average molecular weight is 520 g/mol. The Morgan fingerprint density at radius 1 is 1.00 bits per heavy atom. The number of hydrogen-bond donors (Lipinski definition) is 1. The lowest BCUT2D eigenvalue weighted by atomic mass is 9.93. The van der Waals surface area contributed by atoms with Crippen LogP contribution >= 0.6 is 11.2 Å². The van der Waals surface area contributed by atoms with Crippen molar-refractivity contribution >= 4 is 36.3 Å². The fraction of sp³-hybridized carbons (Fsp3) is 0.857. The molecule has 1 aliphatic heterocycles. The Hall–Kier alpha value is -1.79. The molecule has 0 radical (unpaired) electrons. The van der Waals surface area contributed by atoms with E-state index in [0.717, 1.165) is 13.8 Å². The number of aliphatic hydroxyl groups is 1. The standard InChI is InChI=1S/C21H37N3O8SSi/c1-11(2)34(12(3)4,13(5)6)33-20-19(31-16(9)27)21(28,23-24-22)18(30-15(8)26)17(32-20)10-29-14(7)25/h11-13,17-20,28H,10H2,1-9H3/t17-,18+,19+,20+,21+/m1/s1. The lowest BCUT2D eigenvalue weighted by molar-refractivity contribution is -0.266. The largest absolute Gasteiger partial charge is 0.463 e. The zero-order valence-corrected chi connectivity index (χ0v) is 23.1. The van der Waals surface area contributed by atoms with E-state index in [9.17, 15) is 25.0 Å². The third-order valence-corrected chi connectivity index (χ3v) is 18.6. The second kappa shape index (κ2) is 12.3. The summed E-state index contributed by atoms with van der Waals surface area (Å²) in [5.74, 6) is -2.15. The van der Waals surface area contributed by atoms with Crippen LogP contribution < -0.4 is 0 Å². The monoisotopic (exact) mass is 519 g/mol. The molecule has 1 N–H and O–H groups in total. The van der Waals surface area contributed by atoms with Gasteiger partial charge in [0.05, 0.1) is 0 Å². The predicted octanol–water partition coefficient (Wildman–Crippen LogP) is 4.05. The molecule has 0 aromatic carbocycles. The van der Waals surface area contributed by atoms with E-state index in [2.05, 4.69) is 51.6 Å². The predicted molar refractivity (Wildman–Crippen MR) is 129 cm³/mol. The smallest absolute Gasteiger partial charge is 0.303 e. The molecule has 194 valence electrons. The zero-order chi connectivity index (χ0) is 26.4. The summed E-state index contributed by atoms with van der Waals surface area (Å²) in [6, 6.07) is 0. The minimum Gasteiger partial charge on any atom is -0.463 e. The summed E-state index contributed by atoms with van der Waals surface area (Å²) in [5, 5.41) is 15.2. The number of carbonyl (C=O) groups excluding carboxylic acids is 3. The van der Waals surface area contributed by atoms with Gasteiger partial charge in [-0.25, -0.2) is 0 Å². The Bertz CT molecular complexity index is 783. The van der Waals surface area contributed by atoms with Gasteiger partial charge in [-0.05, 0) is 22.2 Å². The Kier molecular flexibility index (Phi) is 10.9. The lowest BCUT2D eigenvalue weighted by Crippen LogP contribution is -2.68.